The molecule has 0 radical (unpaired) electrons. The van der Waals surface area contributed by atoms with Crippen molar-refractivity contribution in [3.8, 4) is 0 Å². The predicted octanol–water partition coefficient (Wildman–Crippen LogP) is -0.429. The lowest BCUT2D eigenvalue weighted by molar-refractivity contribution is -0.308. The maximum absolute atomic E-state index is 9.96. The standard InChI is InChI=1S/C15H18O6/c16-7-11-12(17)13(18)14(19)15(21-11)20-10-6-5-8-3-1-2-4-9(8)10/h1-6,10-19H,7H2/t10?,11-,12+,13+,14-,15+/m1/s1. The molecule has 1 aliphatic heterocycles. The van der Waals surface area contributed by atoms with Gasteiger partial charge < -0.3 is 29.9 Å². The highest BCUT2D eigenvalue weighted by atomic mass is 16.7. The zero-order chi connectivity index (χ0) is 15.0. The quantitative estimate of drug-likeness (QED) is 0.604. The summed E-state index contributed by atoms with van der Waals surface area (Å²) in [4.78, 5) is 0. The number of rotatable bonds is 3. The number of aliphatic hydroxyl groups is 4. The Bertz CT molecular complexity index is 529. The second kappa shape index (κ2) is 5.84. The summed E-state index contributed by atoms with van der Waals surface area (Å²) in [6.07, 6.45) is -2.95. The lowest BCUT2D eigenvalue weighted by atomic mass is 9.99. The van der Waals surface area contributed by atoms with Gasteiger partial charge in [-0.05, 0) is 11.1 Å². The van der Waals surface area contributed by atoms with Crippen LogP contribution in [-0.4, -0.2) is 57.7 Å². The Hall–Kier alpha value is -1.28. The fraction of sp³-hybridized carbons (Fsp3) is 0.467. The monoisotopic (exact) mass is 294 g/mol. The van der Waals surface area contributed by atoms with Gasteiger partial charge in [-0.1, -0.05) is 36.4 Å². The topological polar surface area (TPSA) is 99.4 Å². The molecule has 2 aliphatic rings. The Labute approximate surface area is 121 Å². The Balaban J connectivity index is 1.75. The molecule has 6 heteroatoms. The maximum Gasteiger partial charge on any atom is 0.187 e. The molecule has 0 spiro atoms. The average Bonchev–Trinajstić information content (AvgIpc) is 2.91. The summed E-state index contributed by atoms with van der Waals surface area (Å²) in [6.45, 7) is -0.470. The Morgan fingerprint density at radius 3 is 2.57 bits per heavy atom. The van der Waals surface area contributed by atoms with Crippen LogP contribution in [0.25, 0.3) is 6.08 Å². The molecule has 4 N–H and O–H groups in total. The number of benzene rings is 1. The summed E-state index contributed by atoms with van der Waals surface area (Å²) in [5, 5.41) is 38.6. The first-order chi connectivity index (χ1) is 10.1. The predicted molar refractivity (Wildman–Crippen MR) is 73.1 cm³/mol. The third-order valence-corrected chi connectivity index (χ3v) is 3.88. The van der Waals surface area contributed by atoms with E-state index in [9.17, 15) is 15.3 Å². The maximum atomic E-state index is 9.96. The van der Waals surface area contributed by atoms with Crippen molar-refractivity contribution in [2.75, 3.05) is 6.61 Å². The molecule has 0 bridgehead atoms. The van der Waals surface area contributed by atoms with Gasteiger partial charge in [-0.3, -0.25) is 0 Å². The van der Waals surface area contributed by atoms with Gasteiger partial charge in [-0.2, -0.15) is 0 Å². The molecular weight excluding hydrogens is 276 g/mol. The largest absolute Gasteiger partial charge is 0.394 e. The van der Waals surface area contributed by atoms with Gasteiger partial charge in [0.15, 0.2) is 6.29 Å². The number of aliphatic hydroxyl groups excluding tert-OH is 4. The van der Waals surface area contributed by atoms with E-state index in [1.54, 1.807) is 0 Å². The molecule has 6 atom stereocenters. The zero-order valence-electron chi connectivity index (χ0n) is 11.2. The summed E-state index contributed by atoms with van der Waals surface area (Å²) in [7, 11) is 0. The molecule has 1 aromatic carbocycles. The molecule has 6 nitrogen and oxygen atoms in total. The highest BCUT2D eigenvalue weighted by Gasteiger charge is 2.45. The van der Waals surface area contributed by atoms with E-state index in [0.717, 1.165) is 11.1 Å². The number of fused-ring (bicyclic) bond motifs is 1. The normalized spacial score (nSPS) is 38.5. The van der Waals surface area contributed by atoms with E-state index in [1.807, 2.05) is 36.4 Å². The summed E-state index contributed by atoms with van der Waals surface area (Å²) >= 11 is 0. The third kappa shape index (κ3) is 2.62. The average molecular weight is 294 g/mol. The number of hydrogen-bond donors (Lipinski definition) is 4. The molecule has 0 aromatic heterocycles. The molecule has 3 rings (SSSR count). The van der Waals surface area contributed by atoms with Gasteiger partial charge in [-0.25, -0.2) is 0 Å². The highest BCUT2D eigenvalue weighted by molar-refractivity contribution is 5.61. The van der Waals surface area contributed by atoms with Crippen LogP contribution >= 0.6 is 0 Å². The number of hydrogen-bond acceptors (Lipinski definition) is 6. The van der Waals surface area contributed by atoms with Crippen LogP contribution in [0.1, 0.15) is 17.2 Å². The van der Waals surface area contributed by atoms with E-state index in [1.165, 1.54) is 0 Å². The van der Waals surface area contributed by atoms with Gasteiger partial charge in [0.2, 0.25) is 0 Å². The minimum absolute atomic E-state index is 0.400. The van der Waals surface area contributed by atoms with Gasteiger partial charge in [0.1, 0.15) is 30.5 Å². The summed E-state index contributed by atoms with van der Waals surface area (Å²) in [5.41, 5.74) is 1.96. The molecule has 1 aliphatic carbocycles. The van der Waals surface area contributed by atoms with Crippen molar-refractivity contribution >= 4 is 6.08 Å². The molecule has 0 amide bonds. The first kappa shape index (κ1) is 14.6. The summed E-state index contributed by atoms with van der Waals surface area (Å²) in [5.74, 6) is 0. The van der Waals surface area contributed by atoms with E-state index < -0.39 is 43.4 Å². The highest BCUT2D eigenvalue weighted by Crippen LogP contribution is 2.34. The number of ether oxygens (including phenoxy) is 2. The van der Waals surface area contributed by atoms with Crippen molar-refractivity contribution < 1.29 is 29.9 Å². The molecule has 1 saturated heterocycles. The van der Waals surface area contributed by atoms with Crippen LogP contribution in [0.4, 0.5) is 0 Å². The van der Waals surface area contributed by atoms with E-state index in [4.69, 9.17) is 14.6 Å². The van der Waals surface area contributed by atoms with Gasteiger partial charge in [0.05, 0.1) is 6.61 Å². The van der Waals surface area contributed by atoms with Crippen LogP contribution < -0.4 is 0 Å². The smallest absolute Gasteiger partial charge is 0.187 e. The minimum atomic E-state index is -1.43. The minimum Gasteiger partial charge on any atom is -0.394 e. The third-order valence-electron chi connectivity index (χ3n) is 3.88. The SMILES string of the molecule is OC[C@H]1O[C@H](OC2C=Cc3ccccc32)[C@H](O)[C@@H](O)[C@H]1O. The van der Waals surface area contributed by atoms with E-state index in [-0.39, 0.29) is 0 Å². The van der Waals surface area contributed by atoms with Crippen LogP contribution in [0.5, 0.6) is 0 Å². The van der Waals surface area contributed by atoms with Crippen LogP contribution in [0, 0.1) is 0 Å². The summed E-state index contributed by atoms with van der Waals surface area (Å²) < 4.78 is 11.0. The Morgan fingerprint density at radius 1 is 1.05 bits per heavy atom. The lowest BCUT2D eigenvalue weighted by Crippen LogP contribution is -2.59. The first-order valence-corrected chi connectivity index (χ1v) is 6.85. The second-order valence-electron chi connectivity index (χ2n) is 5.24. The van der Waals surface area contributed by atoms with Gasteiger partial charge in [-0.15, -0.1) is 0 Å². The molecule has 114 valence electrons. The van der Waals surface area contributed by atoms with Crippen LogP contribution in [0.15, 0.2) is 30.3 Å². The van der Waals surface area contributed by atoms with Gasteiger partial charge in [0.25, 0.3) is 0 Å². The molecule has 21 heavy (non-hydrogen) atoms. The molecule has 1 fully saturated rings. The van der Waals surface area contributed by atoms with Crippen LogP contribution in [0.2, 0.25) is 0 Å². The van der Waals surface area contributed by atoms with Crippen molar-refractivity contribution in [3.63, 3.8) is 0 Å². The molecule has 0 saturated carbocycles. The van der Waals surface area contributed by atoms with Crippen molar-refractivity contribution in [2.24, 2.45) is 0 Å². The molecule has 1 unspecified atom stereocenters. The van der Waals surface area contributed by atoms with Crippen molar-refractivity contribution in [1.29, 1.82) is 0 Å². The van der Waals surface area contributed by atoms with Gasteiger partial charge >= 0.3 is 0 Å². The lowest BCUT2D eigenvalue weighted by Gasteiger charge is -2.40. The molecule has 1 heterocycles. The fourth-order valence-corrected chi connectivity index (χ4v) is 2.66. The van der Waals surface area contributed by atoms with Crippen LogP contribution in [-0.2, 0) is 9.47 Å². The Morgan fingerprint density at radius 2 is 1.81 bits per heavy atom. The van der Waals surface area contributed by atoms with E-state index >= 15 is 0 Å². The van der Waals surface area contributed by atoms with E-state index in [2.05, 4.69) is 0 Å². The van der Waals surface area contributed by atoms with Gasteiger partial charge in [0, 0.05) is 0 Å². The fourth-order valence-electron chi connectivity index (χ4n) is 2.66. The van der Waals surface area contributed by atoms with E-state index in [0.29, 0.717) is 0 Å². The zero-order valence-corrected chi connectivity index (χ0v) is 11.2. The first-order valence-electron chi connectivity index (χ1n) is 6.85. The summed E-state index contributed by atoms with van der Waals surface area (Å²) in [6, 6.07) is 7.65. The Kier molecular flexibility index (Phi) is 4.08. The second-order valence-corrected chi connectivity index (χ2v) is 5.24. The van der Waals surface area contributed by atoms with Crippen molar-refractivity contribution in [1.82, 2.24) is 0 Å². The van der Waals surface area contributed by atoms with Crippen LogP contribution in [0.3, 0.4) is 0 Å². The van der Waals surface area contributed by atoms with Crippen molar-refractivity contribution in [2.45, 2.75) is 36.8 Å². The molecular formula is C15H18O6. The molecule has 1 aromatic rings. The van der Waals surface area contributed by atoms with Crippen molar-refractivity contribution in [3.05, 3.63) is 41.5 Å².